The fraction of sp³-hybridized carbons (Fsp3) is 0.0769. The van der Waals surface area contributed by atoms with Gasteiger partial charge in [0.25, 0.3) is 10.0 Å². The minimum absolute atomic E-state index is 0.0428. The van der Waals surface area contributed by atoms with E-state index in [1.54, 1.807) is 12.1 Å². The maximum Gasteiger partial charge on any atom is 0.263 e. The third-order valence-corrected chi connectivity index (χ3v) is 5.48. The molecule has 2 N–H and O–H groups in total. The highest BCUT2D eigenvalue weighted by molar-refractivity contribution is 9.11. The molecule has 0 spiro atoms. The number of hydrogen-bond donors (Lipinski definition) is 2. The van der Waals surface area contributed by atoms with Gasteiger partial charge >= 0.3 is 0 Å². The van der Waals surface area contributed by atoms with E-state index in [9.17, 15) is 13.5 Å². The van der Waals surface area contributed by atoms with Crippen LogP contribution in [0.4, 0.5) is 5.69 Å². The van der Waals surface area contributed by atoms with Gasteiger partial charge in [0.2, 0.25) is 0 Å². The number of halogens is 2. The average Bonchev–Trinajstić information content (AvgIpc) is 2.43. The highest BCUT2D eigenvalue weighted by Crippen LogP contribution is 2.32. The van der Waals surface area contributed by atoms with Crippen molar-refractivity contribution in [1.29, 1.82) is 0 Å². The van der Waals surface area contributed by atoms with Crippen molar-refractivity contribution in [3.8, 4) is 11.5 Å². The van der Waals surface area contributed by atoms with Crippen LogP contribution in [0.25, 0.3) is 0 Å². The summed E-state index contributed by atoms with van der Waals surface area (Å²) in [5, 5.41) is 9.76. The van der Waals surface area contributed by atoms with Crippen molar-refractivity contribution in [2.24, 2.45) is 0 Å². The van der Waals surface area contributed by atoms with Crippen molar-refractivity contribution >= 4 is 47.6 Å². The largest absolute Gasteiger partial charge is 0.506 e. The fourth-order valence-corrected chi connectivity index (χ4v) is 4.18. The monoisotopic (exact) mass is 435 g/mol. The van der Waals surface area contributed by atoms with Crippen LogP contribution < -0.4 is 9.46 Å². The van der Waals surface area contributed by atoms with E-state index in [1.807, 2.05) is 0 Å². The third kappa shape index (κ3) is 3.69. The van der Waals surface area contributed by atoms with Crippen molar-refractivity contribution in [3.63, 3.8) is 0 Å². The lowest BCUT2D eigenvalue weighted by atomic mass is 10.3. The summed E-state index contributed by atoms with van der Waals surface area (Å²) in [6.07, 6.45) is 0. The van der Waals surface area contributed by atoms with Gasteiger partial charge in [0, 0.05) is 15.0 Å². The van der Waals surface area contributed by atoms with E-state index < -0.39 is 10.0 Å². The fourth-order valence-electron chi connectivity index (χ4n) is 1.61. The second-order valence-electron chi connectivity index (χ2n) is 4.06. The number of ether oxygens (including phenoxy) is 1. The number of rotatable bonds is 4. The number of benzene rings is 2. The number of phenols is 1. The van der Waals surface area contributed by atoms with Gasteiger partial charge in [-0.3, -0.25) is 4.72 Å². The zero-order valence-electron chi connectivity index (χ0n) is 10.8. The summed E-state index contributed by atoms with van der Waals surface area (Å²) in [7, 11) is -2.40. The molecule has 0 saturated heterocycles. The Hall–Kier alpha value is -1.25. The average molecular weight is 437 g/mol. The number of nitrogens with one attached hydrogen (secondary N) is 1. The van der Waals surface area contributed by atoms with Crippen LogP contribution in [0.15, 0.2) is 50.2 Å². The van der Waals surface area contributed by atoms with Crippen LogP contribution in [0.1, 0.15) is 0 Å². The molecular formula is C13H11Br2NO4S. The number of aromatic hydroxyl groups is 1. The minimum Gasteiger partial charge on any atom is -0.506 e. The van der Waals surface area contributed by atoms with E-state index in [2.05, 4.69) is 36.6 Å². The normalized spacial score (nSPS) is 11.2. The summed E-state index contributed by atoms with van der Waals surface area (Å²) in [6.45, 7) is 0. The second-order valence-corrected chi connectivity index (χ2v) is 7.48. The Morgan fingerprint density at radius 2 is 1.86 bits per heavy atom. The Bertz CT molecular complexity index is 778. The first-order valence-corrected chi connectivity index (χ1v) is 8.75. The third-order valence-electron chi connectivity index (χ3n) is 2.63. The minimum atomic E-state index is -3.86. The van der Waals surface area contributed by atoms with E-state index in [0.717, 1.165) is 0 Å². The van der Waals surface area contributed by atoms with E-state index in [0.29, 0.717) is 14.7 Å². The molecule has 2 aromatic carbocycles. The zero-order chi connectivity index (χ0) is 15.6. The van der Waals surface area contributed by atoms with Gasteiger partial charge in [-0.15, -0.1) is 0 Å². The molecular weight excluding hydrogens is 426 g/mol. The number of hydrogen-bond acceptors (Lipinski definition) is 4. The van der Waals surface area contributed by atoms with Crippen molar-refractivity contribution in [3.05, 3.63) is 45.3 Å². The molecule has 0 aliphatic carbocycles. The maximum atomic E-state index is 12.4. The van der Waals surface area contributed by atoms with Crippen LogP contribution >= 0.6 is 31.9 Å². The predicted molar refractivity (Wildman–Crippen MR) is 87.3 cm³/mol. The molecule has 0 fully saturated rings. The second kappa shape index (κ2) is 6.25. The van der Waals surface area contributed by atoms with Crippen molar-refractivity contribution in [1.82, 2.24) is 0 Å². The van der Waals surface area contributed by atoms with Gasteiger partial charge in [-0.1, -0.05) is 15.9 Å². The first kappa shape index (κ1) is 16.1. The molecule has 2 rings (SSSR count). The van der Waals surface area contributed by atoms with Crippen molar-refractivity contribution < 1.29 is 18.3 Å². The first-order valence-electron chi connectivity index (χ1n) is 5.68. The molecule has 0 amide bonds. The molecule has 0 bridgehead atoms. The van der Waals surface area contributed by atoms with Gasteiger partial charge in [-0.2, -0.15) is 0 Å². The quantitative estimate of drug-likeness (QED) is 0.716. The van der Waals surface area contributed by atoms with E-state index >= 15 is 0 Å². The SMILES string of the molecule is COc1ccc(O)c(NS(=O)(=O)c2cc(Br)ccc2Br)c1. The van der Waals surface area contributed by atoms with E-state index in [1.165, 1.54) is 31.4 Å². The van der Waals surface area contributed by atoms with Gasteiger partial charge < -0.3 is 9.84 Å². The number of anilines is 1. The van der Waals surface area contributed by atoms with Crippen LogP contribution in [-0.2, 0) is 10.0 Å². The van der Waals surface area contributed by atoms with Crippen LogP contribution in [-0.4, -0.2) is 20.6 Å². The summed E-state index contributed by atoms with van der Waals surface area (Å²) in [4.78, 5) is 0.0547. The molecule has 0 aliphatic heterocycles. The standard InChI is InChI=1S/C13H11Br2NO4S/c1-20-9-3-5-12(17)11(7-9)16-21(18,19)13-6-8(14)2-4-10(13)15/h2-7,16-17H,1H3. The van der Waals surface area contributed by atoms with Gasteiger partial charge in [-0.05, 0) is 46.3 Å². The molecule has 0 atom stereocenters. The zero-order valence-corrected chi connectivity index (χ0v) is 14.8. The molecule has 8 heteroatoms. The van der Waals surface area contributed by atoms with E-state index in [4.69, 9.17) is 4.74 Å². The number of sulfonamides is 1. The molecule has 0 saturated carbocycles. The van der Waals surface area contributed by atoms with Crippen LogP contribution in [0.5, 0.6) is 11.5 Å². The molecule has 5 nitrogen and oxygen atoms in total. The molecule has 2 aromatic rings. The Labute approximate surface area is 139 Å². The van der Waals surface area contributed by atoms with Gasteiger partial charge in [0.05, 0.1) is 12.8 Å². The predicted octanol–water partition coefficient (Wildman–Crippen LogP) is 3.73. The lowest BCUT2D eigenvalue weighted by Gasteiger charge is -2.12. The van der Waals surface area contributed by atoms with Crippen LogP contribution in [0.2, 0.25) is 0 Å². The molecule has 0 unspecified atom stereocenters. The molecule has 0 radical (unpaired) electrons. The summed E-state index contributed by atoms with van der Waals surface area (Å²) in [5.41, 5.74) is 0.0428. The lowest BCUT2D eigenvalue weighted by Crippen LogP contribution is -2.13. The van der Waals surface area contributed by atoms with Crippen LogP contribution in [0.3, 0.4) is 0 Å². The number of methoxy groups -OCH3 is 1. The van der Waals surface area contributed by atoms with Gasteiger partial charge in [0.1, 0.15) is 16.4 Å². The van der Waals surface area contributed by atoms with Gasteiger partial charge in [0.15, 0.2) is 0 Å². The number of phenolic OH excluding ortho intramolecular Hbond substituents is 1. The van der Waals surface area contributed by atoms with Crippen molar-refractivity contribution in [2.75, 3.05) is 11.8 Å². The highest BCUT2D eigenvalue weighted by atomic mass is 79.9. The molecule has 21 heavy (non-hydrogen) atoms. The van der Waals surface area contributed by atoms with Crippen LogP contribution in [0, 0.1) is 0 Å². The topological polar surface area (TPSA) is 75.6 Å². The lowest BCUT2D eigenvalue weighted by molar-refractivity contribution is 0.413. The van der Waals surface area contributed by atoms with E-state index in [-0.39, 0.29) is 16.3 Å². The molecule has 112 valence electrons. The summed E-state index contributed by atoms with van der Waals surface area (Å²) in [5.74, 6) is 0.240. The first-order chi connectivity index (χ1) is 9.83. The molecule has 0 heterocycles. The molecule has 0 aromatic heterocycles. The summed E-state index contributed by atoms with van der Waals surface area (Å²) in [6, 6.07) is 9.08. The Morgan fingerprint density at radius 1 is 1.14 bits per heavy atom. The Kier molecular flexibility index (Phi) is 4.80. The smallest absolute Gasteiger partial charge is 0.263 e. The Morgan fingerprint density at radius 3 is 2.52 bits per heavy atom. The molecule has 0 aliphatic rings. The summed E-state index contributed by atoms with van der Waals surface area (Å²) >= 11 is 6.43. The highest BCUT2D eigenvalue weighted by Gasteiger charge is 2.20. The maximum absolute atomic E-state index is 12.4. The van der Waals surface area contributed by atoms with Gasteiger partial charge in [-0.25, -0.2) is 8.42 Å². The van der Waals surface area contributed by atoms with Crippen molar-refractivity contribution in [2.45, 2.75) is 4.90 Å². The summed E-state index contributed by atoms with van der Waals surface area (Å²) < 4.78 is 33.2. The Balaban J connectivity index is 2.44.